The van der Waals surface area contributed by atoms with E-state index in [4.69, 9.17) is 21.2 Å². The smallest absolute Gasteiger partial charge is 0.375 e. The third-order valence-corrected chi connectivity index (χ3v) is 4.31. The molecule has 1 aromatic heterocycles. The SMILES string of the molecule is COCC(=O)N(Cc1ccc(-c2noc(C(F)(F)F)n2)cc1)OCc1ccc(Cl)cc1. The van der Waals surface area contributed by atoms with E-state index in [1.165, 1.54) is 19.2 Å². The van der Waals surface area contributed by atoms with Crippen LogP contribution in [0, 0.1) is 0 Å². The second-order valence-electron chi connectivity index (χ2n) is 6.38. The van der Waals surface area contributed by atoms with Crippen LogP contribution in [0.1, 0.15) is 17.0 Å². The molecule has 2 aromatic carbocycles. The summed E-state index contributed by atoms with van der Waals surface area (Å²) in [5, 5.41) is 5.08. The minimum Gasteiger partial charge on any atom is -0.375 e. The molecule has 3 rings (SSSR count). The molecule has 11 heteroatoms. The Hall–Kier alpha value is -2.95. The third-order valence-electron chi connectivity index (χ3n) is 4.05. The van der Waals surface area contributed by atoms with E-state index in [9.17, 15) is 18.0 Å². The Morgan fingerprint density at radius 1 is 1.10 bits per heavy atom. The number of carbonyl (C=O) groups excluding carboxylic acids is 1. The number of aromatic nitrogens is 2. The molecule has 7 nitrogen and oxygen atoms in total. The Morgan fingerprint density at radius 2 is 1.74 bits per heavy atom. The molecule has 0 bridgehead atoms. The van der Waals surface area contributed by atoms with Crippen molar-refractivity contribution >= 4 is 17.5 Å². The number of carbonyl (C=O) groups is 1. The molecule has 0 N–H and O–H groups in total. The minimum atomic E-state index is -4.71. The second-order valence-corrected chi connectivity index (χ2v) is 6.82. The molecule has 31 heavy (non-hydrogen) atoms. The number of rotatable bonds is 8. The molecule has 0 aliphatic carbocycles. The lowest BCUT2D eigenvalue weighted by atomic mass is 10.1. The number of hydroxylamine groups is 2. The largest absolute Gasteiger partial charge is 0.471 e. The molecule has 0 atom stereocenters. The summed E-state index contributed by atoms with van der Waals surface area (Å²) >= 11 is 5.86. The van der Waals surface area contributed by atoms with Crippen molar-refractivity contribution in [3.8, 4) is 11.4 Å². The van der Waals surface area contributed by atoms with E-state index in [2.05, 4.69) is 14.7 Å². The Balaban J connectivity index is 1.69. The number of amides is 1. The van der Waals surface area contributed by atoms with Gasteiger partial charge in [-0.3, -0.25) is 9.63 Å². The number of methoxy groups -OCH3 is 1. The highest BCUT2D eigenvalue weighted by Crippen LogP contribution is 2.29. The Labute approximate surface area is 180 Å². The van der Waals surface area contributed by atoms with E-state index in [0.29, 0.717) is 16.1 Å². The summed E-state index contributed by atoms with van der Waals surface area (Å²) in [5.74, 6) is -2.00. The van der Waals surface area contributed by atoms with Gasteiger partial charge in [-0.15, -0.1) is 0 Å². The summed E-state index contributed by atoms with van der Waals surface area (Å²) < 4.78 is 47.0. The Kier molecular flexibility index (Phi) is 7.26. The van der Waals surface area contributed by atoms with Gasteiger partial charge in [0.05, 0.1) is 6.54 Å². The van der Waals surface area contributed by atoms with E-state index in [-0.39, 0.29) is 25.6 Å². The van der Waals surface area contributed by atoms with E-state index >= 15 is 0 Å². The standard InChI is InChI=1S/C20H17ClF3N3O4/c1-29-12-17(28)27(30-11-14-4-8-16(21)9-5-14)10-13-2-6-15(7-3-13)18-25-19(31-26-18)20(22,23)24/h2-9H,10-12H2,1H3. The van der Waals surface area contributed by atoms with Gasteiger partial charge in [-0.05, 0) is 23.3 Å². The maximum atomic E-state index is 12.6. The first kappa shape index (κ1) is 22.7. The van der Waals surface area contributed by atoms with Crippen LogP contribution in [0.2, 0.25) is 5.02 Å². The normalized spacial score (nSPS) is 11.5. The zero-order valence-electron chi connectivity index (χ0n) is 16.2. The van der Waals surface area contributed by atoms with Gasteiger partial charge in [0, 0.05) is 17.7 Å². The molecule has 0 saturated heterocycles. The van der Waals surface area contributed by atoms with Gasteiger partial charge in [0.25, 0.3) is 5.91 Å². The van der Waals surface area contributed by atoms with E-state index in [0.717, 1.165) is 10.6 Å². The van der Waals surface area contributed by atoms with Gasteiger partial charge in [0.1, 0.15) is 13.2 Å². The molecular formula is C20H17ClF3N3O4. The Morgan fingerprint density at radius 3 is 2.32 bits per heavy atom. The highest BCUT2D eigenvalue weighted by Gasteiger charge is 2.38. The van der Waals surface area contributed by atoms with Crippen molar-refractivity contribution in [2.45, 2.75) is 19.3 Å². The highest BCUT2D eigenvalue weighted by atomic mass is 35.5. The van der Waals surface area contributed by atoms with Crippen molar-refractivity contribution in [2.75, 3.05) is 13.7 Å². The number of alkyl halides is 3. The molecule has 0 aliphatic heterocycles. The molecule has 164 valence electrons. The van der Waals surface area contributed by atoms with Gasteiger partial charge < -0.3 is 9.26 Å². The number of benzene rings is 2. The van der Waals surface area contributed by atoms with Crippen LogP contribution in [0.4, 0.5) is 13.2 Å². The van der Waals surface area contributed by atoms with Crippen LogP contribution in [0.3, 0.4) is 0 Å². The van der Waals surface area contributed by atoms with Gasteiger partial charge in [-0.25, -0.2) is 5.06 Å². The summed E-state index contributed by atoms with van der Waals surface area (Å²) in [4.78, 5) is 21.3. The van der Waals surface area contributed by atoms with Crippen molar-refractivity contribution in [1.82, 2.24) is 15.2 Å². The summed E-state index contributed by atoms with van der Waals surface area (Å²) in [5.41, 5.74) is 1.82. The molecule has 0 unspecified atom stereocenters. The van der Waals surface area contributed by atoms with Crippen LogP contribution in [-0.2, 0) is 33.7 Å². The van der Waals surface area contributed by atoms with Gasteiger partial charge in [0.15, 0.2) is 0 Å². The predicted octanol–water partition coefficient (Wildman–Crippen LogP) is 4.52. The summed E-state index contributed by atoms with van der Waals surface area (Å²) in [6, 6.07) is 13.3. The molecule has 0 spiro atoms. The van der Waals surface area contributed by atoms with Crippen molar-refractivity contribution in [2.24, 2.45) is 0 Å². The molecule has 1 amide bonds. The molecule has 1 heterocycles. The number of nitrogens with zero attached hydrogens (tertiary/aromatic N) is 3. The lowest BCUT2D eigenvalue weighted by Crippen LogP contribution is -2.33. The van der Waals surface area contributed by atoms with Crippen molar-refractivity contribution < 1.29 is 32.1 Å². The number of hydrogen-bond acceptors (Lipinski definition) is 6. The first-order chi connectivity index (χ1) is 14.8. The molecular weight excluding hydrogens is 439 g/mol. The van der Waals surface area contributed by atoms with Crippen LogP contribution in [-0.4, -0.2) is 34.8 Å². The average molecular weight is 456 g/mol. The summed E-state index contributed by atoms with van der Waals surface area (Å²) in [6.07, 6.45) is -4.71. The van der Waals surface area contributed by atoms with Crippen molar-refractivity contribution in [3.63, 3.8) is 0 Å². The van der Waals surface area contributed by atoms with Crippen molar-refractivity contribution in [1.29, 1.82) is 0 Å². The number of hydrogen-bond donors (Lipinski definition) is 0. The van der Waals surface area contributed by atoms with Crippen LogP contribution in [0.5, 0.6) is 0 Å². The first-order valence-electron chi connectivity index (χ1n) is 8.93. The fourth-order valence-electron chi connectivity index (χ4n) is 2.52. The first-order valence-corrected chi connectivity index (χ1v) is 9.31. The fourth-order valence-corrected chi connectivity index (χ4v) is 2.64. The van der Waals surface area contributed by atoms with Crippen LogP contribution >= 0.6 is 11.6 Å². The van der Waals surface area contributed by atoms with E-state index in [1.54, 1.807) is 36.4 Å². The van der Waals surface area contributed by atoms with Gasteiger partial charge in [0.2, 0.25) is 5.82 Å². The second kappa shape index (κ2) is 9.90. The molecule has 0 radical (unpaired) electrons. The molecule has 0 saturated carbocycles. The maximum Gasteiger partial charge on any atom is 0.471 e. The van der Waals surface area contributed by atoms with Crippen LogP contribution in [0.25, 0.3) is 11.4 Å². The van der Waals surface area contributed by atoms with Crippen molar-refractivity contribution in [3.05, 3.63) is 70.6 Å². The molecule has 0 fully saturated rings. The zero-order valence-corrected chi connectivity index (χ0v) is 17.0. The lowest BCUT2D eigenvalue weighted by molar-refractivity contribution is -0.198. The van der Waals surface area contributed by atoms with E-state index in [1.807, 2.05) is 0 Å². The van der Waals surface area contributed by atoms with Gasteiger partial charge >= 0.3 is 12.1 Å². The van der Waals surface area contributed by atoms with Crippen LogP contribution < -0.4 is 0 Å². The monoisotopic (exact) mass is 455 g/mol. The fraction of sp³-hybridized carbons (Fsp3) is 0.250. The van der Waals surface area contributed by atoms with Crippen LogP contribution in [0.15, 0.2) is 53.1 Å². The topological polar surface area (TPSA) is 77.7 Å². The Bertz CT molecular complexity index is 1010. The quantitative estimate of drug-likeness (QED) is 0.465. The van der Waals surface area contributed by atoms with Gasteiger partial charge in [-0.2, -0.15) is 18.2 Å². The number of halogens is 4. The average Bonchev–Trinajstić information content (AvgIpc) is 3.24. The van der Waals surface area contributed by atoms with Gasteiger partial charge in [-0.1, -0.05) is 53.2 Å². The maximum absolute atomic E-state index is 12.6. The zero-order chi connectivity index (χ0) is 22.4. The minimum absolute atomic E-state index is 0.0934. The molecule has 0 aliphatic rings. The van der Waals surface area contributed by atoms with E-state index < -0.39 is 18.0 Å². The highest BCUT2D eigenvalue weighted by molar-refractivity contribution is 6.30. The summed E-state index contributed by atoms with van der Waals surface area (Å²) in [7, 11) is 1.39. The number of ether oxygens (including phenoxy) is 1. The lowest BCUT2D eigenvalue weighted by Gasteiger charge is -2.22. The molecule has 3 aromatic rings. The predicted molar refractivity (Wildman–Crippen MR) is 103 cm³/mol. The summed E-state index contributed by atoms with van der Waals surface area (Å²) in [6.45, 7) is 0.0473. The third kappa shape index (κ3) is 6.27.